The molecule has 0 aromatic heterocycles. The standard InChI is InChI=1S/C19H15FN2O/c20-16-5-4-8-19(13-16)23-18-11-9-15(10-12-18)14-21-22-17-6-2-1-3-7-17/h1-14,22H. The summed E-state index contributed by atoms with van der Waals surface area (Å²) in [5.74, 6) is 0.791. The molecule has 3 aromatic carbocycles. The van der Waals surface area contributed by atoms with Crippen LogP contribution in [0.1, 0.15) is 5.56 Å². The van der Waals surface area contributed by atoms with Crippen LogP contribution < -0.4 is 10.2 Å². The third-order valence-corrected chi connectivity index (χ3v) is 3.09. The summed E-state index contributed by atoms with van der Waals surface area (Å²) in [6.45, 7) is 0. The number of ether oxygens (including phenoxy) is 1. The van der Waals surface area contributed by atoms with Crippen molar-refractivity contribution in [2.75, 3.05) is 5.43 Å². The van der Waals surface area contributed by atoms with Gasteiger partial charge in [0.25, 0.3) is 0 Å². The molecule has 0 aliphatic rings. The third-order valence-electron chi connectivity index (χ3n) is 3.09. The fraction of sp³-hybridized carbons (Fsp3) is 0. The number of anilines is 1. The van der Waals surface area contributed by atoms with Crippen LogP contribution in [0, 0.1) is 5.82 Å². The molecule has 0 fully saturated rings. The number of benzene rings is 3. The zero-order valence-corrected chi connectivity index (χ0v) is 12.3. The van der Waals surface area contributed by atoms with Crippen molar-refractivity contribution in [2.45, 2.75) is 0 Å². The second-order valence-electron chi connectivity index (χ2n) is 4.86. The second-order valence-corrected chi connectivity index (χ2v) is 4.86. The molecule has 0 heterocycles. The summed E-state index contributed by atoms with van der Waals surface area (Å²) in [7, 11) is 0. The zero-order valence-electron chi connectivity index (χ0n) is 12.3. The number of rotatable bonds is 5. The largest absolute Gasteiger partial charge is 0.457 e. The van der Waals surface area contributed by atoms with Crippen molar-refractivity contribution in [1.82, 2.24) is 0 Å². The van der Waals surface area contributed by atoms with E-state index in [0.717, 1.165) is 11.3 Å². The molecule has 3 rings (SSSR count). The summed E-state index contributed by atoms with van der Waals surface area (Å²) in [6, 6.07) is 23.1. The van der Waals surface area contributed by atoms with Crippen LogP contribution in [0.3, 0.4) is 0 Å². The Hall–Kier alpha value is -3.14. The molecular weight excluding hydrogens is 291 g/mol. The van der Waals surface area contributed by atoms with E-state index in [-0.39, 0.29) is 5.82 Å². The number of hydrogen-bond acceptors (Lipinski definition) is 3. The first-order valence-electron chi connectivity index (χ1n) is 7.17. The van der Waals surface area contributed by atoms with Gasteiger partial charge in [-0.2, -0.15) is 5.10 Å². The van der Waals surface area contributed by atoms with Crippen LogP contribution in [0.2, 0.25) is 0 Å². The third kappa shape index (κ3) is 4.41. The van der Waals surface area contributed by atoms with E-state index in [4.69, 9.17) is 4.74 Å². The minimum Gasteiger partial charge on any atom is -0.457 e. The van der Waals surface area contributed by atoms with E-state index in [1.54, 1.807) is 18.3 Å². The van der Waals surface area contributed by atoms with Gasteiger partial charge in [-0.3, -0.25) is 5.43 Å². The maximum atomic E-state index is 13.1. The predicted molar refractivity (Wildman–Crippen MR) is 90.6 cm³/mol. The van der Waals surface area contributed by atoms with Crippen molar-refractivity contribution in [3.63, 3.8) is 0 Å². The SMILES string of the molecule is Fc1cccc(Oc2ccc(C=NNc3ccccc3)cc2)c1. The molecule has 0 unspecified atom stereocenters. The van der Waals surface area contributed by atoms with Crippen molar-refractivity contribution >= 4 is 11.9 Å². The number of para-hydroxylation sites is 1. The first-order chi connectivity index (χ1) is 11.3. The Morgan fingerprint density at radius 1 is 0.826 bits per heavy atom. The maximum Gasteiger partial charge on any atom is 0.130 e. The van der Waals surface area contributed by atoms with Crippen molar-refractivity contribution in [3.8, 4) is 11.5 Å². The minimum atomic E-state index is -0.321. The van der Waals surface area contributed by atoms with Gasteiger partial charge in [0.05, 0.1) is 11.9 Å². The molecule has 114 valence electrons. The highest BCUT2D eigenvalue weighted by Gasteiger charge is 1.98. The van der Waals surface area contributed by atoms with E-state index in [1.807, 2.05) is 54.6 Å². The monoisotopic (exact) mass is 306 g/mol. The van der Waals surface area contributed by atoms with Crippen molar-refractivity contribution in [2.24, 2.45) is 5.10 Å². The lowest BCUT2D eigenvalue weighted by atomic mass is 10.2. The van der Waals surface area contributed by atoms with E-state index in [2.05, 4.69) is 10.5 Å². The maximum absolute atomic E-state index is 13.1. The summed E-state index contributed by atoms with van der Waals surface area (Å²) < 4.78 is 18.7. The van der Waals surface area contributed by atoms with Gasteiger partial charge < -0.3 is 4.74 Å². The highest BCUT2D eigenvalue weighted by molar-refractivity contribution is 5.80. The number of hydrazone groups is 1. The lowest BCUT2D eigenvalue weighted by molar-refractivity contribution is 0.477. The lowest BCUT2D eigenvalue weighted by Gasteiger charge is -2.05. The first-order valence-corrected chi connectivity index (χ1v) is 7.17. The molecule has 3 aromatic rings. The Labute approximate surface area is 134 Å². The Morgan fingerprint density at radius 3 is 2.35 bits per heavy atom. The van der Waals surface area contributed by atoms with Gasteiger partial charge in [0.15, 0.2) is 0 Å². The van der Waals surface area contributed by atoms with Gasteiger partial charge in [-0.25, -0.2) is 4.39 Å². The highest BCUT2D eigenvalue weighted by Crippen LogP contribution is 2.21. The van der Waals surface area contributed by atoms with Gasteiger partial charge in [-0.05, 0) is 54.1 Å². The van der Waals surface area contributed by atoms with Crippen molar-refractivity contribution in [3.05, 3.63) is 90.2 Å². The molecule has 3 nitrogen and oxygen atoms in total. The molecule has 0 saturated heterocycles. The predicted octanol–water partition coefficient (Wildman–Crippen LogP) is 5.06. The van der Waals surface area contributed by atoms with Crippen LogP contribution in [0.4, 0.5) is 10.1 Å². The van der Waals surface area contributed by atoms with Gasteiger partial charge in [0.1, 0.15) is 17.3 Å². The molecule has 0 atom stereocenters. The van der Waals surface area contributed by atoms with E-state index < -0.39 is 0 Å². The average molecular weight is 306 g/mol. The molecule has 23 heavy (non-hydrogen) atoms. The van der Waals surface area contributed by atoms with Crippen LogP contribution >= 0.6 is 0 Å². The Kier molecular flexibility index (Phi) is 4.64. The molecule has 0 saturated carbocycles. The highest BCUT2D eigenvalue weighted by atomic mass is 19.1. The lowest BCUT2D eigenvalue weighted by Crippen LogP contribution is -1.90. The van der Waals surface area contributed by atoms with Crippen LogP contribution in [0.15, 0.2) is 84.0 Å². The van der Waals surface area contributed by atoms with Gasteiger partial charge in [-0.1, -0.05) is 24.3 Å². The topological polar surface area (TPSA) is 33.6 Å². The van der Waals surface area contributed by atoms with Gasteiger partial charge in [0, 0.05) is 6.07 Å². The van der Waals surface area contributed by atoms with Gasteiger partial charge in [0.2, 0.25) is 0 Å². The van der Waals surface area contributed by atoms with Crippen molar-refractivity contribution in [1.29, 1.82) is 0 Å². The molecule has 0 bridgehead atoms. The number of hydrogen-bond donors (Lipinski definition) is 1. The summed E-state index contributed by atoms with van der Waals surface area (Å²) in [5.41, 5.74) is 4.81. The fourth-order valence-corrected chi connectivity index (χ4v) is 1.98. The zero-order chi connectivity index (χ0) is 15.9. The molecule has 1 N–H and O–H groups in total. The first kappa shape index (κ1) is 14.8. The number of halogens is 1. The molecule has 0 aliphatic heterocycles. The van der Waals surface area contributed by atoms with Gasteiger partial charge >= 0.3 is 0 Å². The molecule has 0 amide bonds. The summed E-state index contributed by atoms with van der Waals surface area (Å²) in [4.78, 5) is 0. The summed E-state index contributed by atoms with van der Waals surface area (Å²) >= 11 is 0. The Bertz CT molecular complexity index is 786. The van der Waals surface area contributed by atoms with Crippen LogP contribution in [0.5, 0.6) is 11.5 Å². The fourth-order valence-electron chi connectivity index (χ4n) is 1.98. The van der Waals surface area contributed by atoms with Crippen LogP contribution in [-0.2, 0) is 0 Å². The number of nitrogens with zero attached hydrogens (tertiary/aromatic N) is 1. The average Bonchev–Trinajstić information content (AvgIpc) is 2.58. The molecule has 4 heteroatoms. The van der Waals surface area contributed by atoms with E-state index in [9.17, 15) is 4.39 Å². The molecule has 0 radical (unpaired) electrons. The quantitative estimate of drug-likeness (QED) is 0.528. The van der Waals surface area contributed by atoms with Crippen LogP contribution in [0.25, 0.3) is 0 Å². The Morgan fingerprint density at radius 2 is 1.61 bits per heavy atom. The number of nitrogens with one attached hydrogen (secondary N) is 1. The minimum absolute atomic E-state index is 0.321. The van der Waals surface area contributed by atoms with Crippen LogP contribution in [-0.4, -0.2) is 6.21 Å². The normalized spacial score (nSPS) is 10.7. The van der Waals surface area contributed by atoms with Crippen molar-refractivity contribution < 1.29 is 9.13 Å². The molecular formula is C19H15FN2O. The smallest absolute Gasteiger partial charge is 0.130 e. The second kappa shape index (κ2) is 7.22. The van der Waals surface area contributed by atoms with E-state index in [0.29, 0.717) is 11.5 Å². The van der Waals surface area contributed by atoms with E-state index >= 15 is 0 Å². The van der Waals surface area contributed by atoms with E-state index in [1.165, 1.54) is 12.1 Å². The summed E-state index contributed by atoms with van der Waals surface area (Å²) in [5, 5.41) is 4.17. The molecule has 0 spiro atoms. The summed E-state index contributed by atoms with van der Waals surface area (Å²) in [6.07, 6.45) is 1.72. The molecule has 0 aliphatic carbocycles. The van der Waals surface area contributed by atoms with Gasteiger partial charge in [-0.15, -0.1) is 0 Å². The Balaban J connectivity index is 1.60.